The Bertz CT molecular complexity index is 5070. The molecule has 722 valence electrons. The van der Waals surface area contributed by atoms with Gasteiger partial charge in [0.05, 0.1) is 26.4 Å². The minimum atomic E-state index is -0.542. The van der Waals surface area contributed by atoms with E-state index in [0.29, 0.717) is 38.3 Å². The average Bonchev–Trinajstić information content (AvgIpc) is 1.56. The van der Waals surface area contributed by atoms with E-state index < -0.39 is 11.9 Å². The number of carbonyl (C=O) groups is 2. The third kappa shape index (κ3) is 32.4. The zero-order chi connectivity index (χ0) is 94.4. The van der Waals surface area contributed by atoms with Crippen molar-refractivity contribution >= 4 is 135 Å². The van der Waals surface area contributed by atoms with E-state index in [0.717, 1.165) is 134 Å². The molecule has 8 aromatic heterocycles. The van der Waals surface area contributed by atoms with Gasteiger partial charge in [-0.25, -0.2) is 9.59 Å². The quantitative estimate of drug-likeness (QED) is 0.0160. The highest BCUT2D eigenvalue weighted by atomic mass is 32.1. The molecule has 0 fully saturated rings. The molecule has 0 radical (unpaired) electrons. The molecular weight excluding hydrogens is 1800 g/mol. The summed E-state index contributed by atoms with van der Waals surface area (Å²) in [4.78, 5) is 44.1. The molecule has 2 atom stereocenters. The number of esters is 2. The molecule has 0 N–H and O–H groups in total. The van der Waals surface area contributed by atoms with Crippen LogP contribution < -0.4 is 9.47 Å². The van der Waals surface area contributed by atoms with Gasteiger partial charge in [-0.3, -0.25) is 0 Å². The second-order valence-corrected chi connectivity index (χ2v) is 46.0. The summed E-state index contributed by atoms with van der Waals surface area (Å²) in [7, 11) is 0. The maximum Gasteiger partial charge on any atom is 0.348 e. The van der Waals surface area contributed by atoms with E-state index >= 15 is 0 Å². The average molecular weight is 1960 g/mol. The van der Waals surface area contributed by atoms with Gasteiger partial charge in [0, 0.05) is 99.6 Å². The van der Waals surface area contributed by atoms with Crippen molar-refractivity contribution in [3.63, 3.8) is 0 Å². The van der Waals surface area contributed by atoms with Crippen molar-refractivity contribution in [3.05, 3.63) is 152 Å². The van der Waals surface area contributed by atoms with Crippen LogP contribution in [-0.4, -0.2) is 38.4 Å². The van der Waals surface area contributed by atoms with Crippen LogP contribution in [0.15, 0.2) is 120 Å². The highest BCUT2D eigenvalue weighted by molar-refractivity contribution is 7.32. The predicted molar refractivity (Wildman–Crippen MR) is 590 cm³/mol. The van der Waals surface area contributed by atoms with Gasteiger partial charge in [0.2, 0.25) is 0 Å². The fraction of sp³-hybridized carbons (Fsp3) is 0.542. The van der Waals surface area contributed by atoms with Crippen LogP contribution in [0.25, 0.3) is 113 Å². The molecule has 16 heteroatoms. The van der Waals surface area contributed by atoms with Crippen LogP contribution in [0.5, 0.6) is 11.5 Å². The van der Waals surface area contributed by atoms with Gasteiger partial charge >= 0.3 is 11.9 Å². The maximum absolute atomic E-state index is 13.4. The molecule has 0 amide bonds. The Labute approximate surface area is 839 Å². The van der Waals surface area contributed by atoms with E-state index in [1.165, 1.54) is 319 Å². The zero-order valence-corrected chi connectivity index (χ0v) is 89.6. The standard InChI is InChI=1S/C118H156N2O6S8/c1-11-21-29-35-41-47-55-89-75-103(101-69-67-97(127-101)73-93(81-119)117(121)123-71-51-45-39-33-25-15-5)129-111(89)105-77-91(57-49-43-37-31-23-13-3)113(131-105)107-79-99-109(87-59-63-95(64-60-87)125-83-85(19-9)53-27-17-7)116-100(110(115(99)133-107)88-61-65-96(66-62-88)126-84-86(20-10)54-28-18-8)80-108(134-116)114-92(58-50-44-38-32-24-14-4)78-106(132-114)112-90(56-48-42-36-30-22-12-2)76-104(130-112)102-70-68-98(128-102)74-94(82-120)118(122)124-72-52-46-40-34-26-16-6/h59-70,73-80,85-86H,11-58,71-72,83-84H2,1-10H3/b93-73+,94-74+. The Kier molecular flexibility index (Phi) is 47.9. The van der Waals surface area contributed by atoms with E-state index in [-0.39, 0.29) is 11.1 Å². The van der Waals surface area contributed by atoms with E-state index in [2.05, 4.69) is 191 Å². The van der Waals surface area contributed by atoms with E-state index in [9.17, 15) is 20.1 Å². The van der Waals surface area contributed by atoms with Crippen LogP contribution in [0.1, 0.15) is 384 Å². The lowest BCUT2D eigenvalue weighted by Crippen LogP contribution is -2.11. The summed E-state index contributed by atoms with van der Waals surface area (Å²) in [5.74, 6) is 1.76. The van der Waals surface area contributed by atoms with Gasteiger partial charge in [-0.05, 0) is 219 Å². The van der Waals surface area contributed by atoms with Crippen LogP contribution in [0, 0.1) is 34.5 Å². The van der Waals surface area contributed by atoms with Crippen molar-refractivity contribution in [3.8, 4) is 104 Å². The Morgan fingerprint density at radius 1 is 0.306 bits per heavy atom. The molecule has 0 saturated heterocycles. The number of benzene rings is 3. The highest BCUT2D eigenvalue weighted by Crippen LogP contribution is 2.57. The Balaban J connectivity index is 1.09. The summed E-state index contributed by atoms with van der Waals surface area (Å²) >= 11 is 15.1. The van der Waals surface area contributed by atoms with Crippen molar-refractivity contribution in [2.75, 3.05) is 26.4 Å². The number of aryl methyl sites for hydroxylation is 4. The van der Waals surface area contributed by atoms with E-state index in [4.69, 9.17) is 18.9 Å². The monoisotopic (exact) mass is 1950 g/mol. The van der Waals surface area contributed by atoms with E-state index in [1.54, 1.807) is 34.8 Å². The topological polar surface area (TPSA) is 119 Å². The first-order valence-corrected chi connectivity index (χ1v) is 59.1. The molecule has 0 aliphatic rings. The predicted octanol–water partition coefficient (Wildman–Crippen LogP) is 40.2. The van der Waals surface area contributed by atoms with Crippen molar-refractivity contribution in [2.24, 2.45) is 11.8 Å². The van der Waals surface area contributed by atoms with Crippen molar-refractivity contribution < 1.29 is 28.5 Å². The number of ether oxygens (including phenoxy) is 4. The Morgan fingerprint density at radius 3 is 0.896 bits per heavy atom. The lowest BCUT2D eigenvalue weighted by atomic mass is 9.93. The van der Waals surface area contributed by atoms with E-state index in [1.807, 2.05) is 68.0 Å². The zero-order valence-electron chi connectivity index (χ0n) is 83.1. The maximum atomic E-state index is 13.4. The number of carbonyl (C=O) groups excluding carboxylic acids is 2. The summed E-state index contributed by atoms with van der Waals surface area (Å²) in [5.41, 5.74) is 10.7. The largest absolute Gasteiger partial charge is 0.493 e. The molecule has 0 aliphatic carbocycles. The summed E-state index contributed by atoms with van der Waals surface area (Å²) in [6.07, 6.45) is 59.3. The second kappa shape index (κ2) is 59.9. The summed E-state index contributed by atoms with van der Waals surface area (Å²) in [6, 6.07) is 46.8. The number of unbranched alkanes of at least 4 members (excludes halogenated alkanes) is 32. The number of nitrogens with zero attached hydrogens (tertiary/aromatic N) is 2. The lowest BCUT2D eigenvalue weighted by Gasteiger charge is -2.17. The fourth-order valence-electron chi connectivity index (χ4n) is 18.3. The Morgan fingerprint density at radius 2 is 0.590 bits per heavy atom. The molecule has 2 unspecified atom stereocenters. The van der Waals surface area contributed by atoms with Crippen LogP contribution in [0.4, 0.5) is 0 Å². The molecule has 11 rings (SSSR count). The van der Waals surface area contributed by atoms with Crippen molar-refractivity contribution in [1.82, 2.24) is 0 Å². The molecule has 3 aromatic carbocycles. The first-order valence-electron chi connectivity index (χ1n) is 52.6. The number of hydrogen-bond donors (Lipinski definition) is 0. The molecule has 0 bridgehead atoms. The summed E-state index contributed by atoms with van der Waals surface area (Å²) in [5, 5.41) is 23.3. The number of nitriles is 2. The van der Waals surface area contributed by atoms with Gasteiger partial charge < -0.3 is 18.9 Å². The summed E-state index contributed by atoms with van der Waals surface area (Å²) < 4.78 is 27.6. The van der Waals surface area contributed by atoms with Gasteiger partial charge in [0.25, 0.3) is 0 Å². The fourth-order valence-corrected chi connectivity index (χ4v) is 28.2. The molecule has 0 aliphatic heterocycles. The Hall–Kier alpha value is -7.22. The number of hydrogen-bond acceptors (Lipinski definition) is 16. The van der Waals surface area contributed by atoms with Gasteiger partial charge in [-0.15, -0.1) is 90.7 Å². The normalized spacial score (nSPS) is 12.4. The smallest absolute Gasteiger partial charge is 0.348 e. The van der Waals surface area contributed by atoms with Gasteiger partial charge in [0.15, 0.2) is 0 Å². The number of rotatable bonds is 68. The molecule has 8 heterocycles. The van der Waals surface area contributed by atoms with Crippen molar-refractivity contribution in [1.29, 1.82) is 10.5 Å². The third-order valence-corrected chi connectivity index (χ3v) is 36.8. The molecule has 11 aromatic rings. The lowest BCUT2D eigenvalue weighted by molar-refractivity contribution is -0.139. The van der Waals surface area contributed by atoms with Crippen LogP contribution in [-0.2, 0) is 44.7 Å². The minimum absolute atomic E-state index is 0.0451. The first kappa shape index (κ1) is 107. The number of fused-ring (bicyclic) bond motifs is 2. The molecule has 134 heavy (non-hydrogen) atoms. The van der Waals surface area contributed by atoms with Gasteiger partial charge in [0.1, 0.15) is 34.8 Å². The molecule has 0 spiro atoms. The van der Waals surface area contributed by atoms with Crippen LogP contribution >= 0.6 is 90.7 Å². The van der Waals surface area contributed by atoms with Gasteiger partial charge in [-0.2, -0.15) is 10.5 Å². The second-order valence-electron chi connectivity index (χ2n) is 37.4. The SMILES string of the molecule is CCCCCCCCOC(=O)/C(C#N)=C/c1ccc(-c2cc(CCCCCCCC)c(-c3cc(CCCCCCCC)c(-c4cc5c(-c6ccc(OCC(CC)CCCC)cc6)c6sc(-c7sc(-c8sc(-c9ccc(/C=C(\C#N)C(=O)OCCCCCCCC)s9)cc8CCCCCCCC)cc7CCCCCCCC)cc6c(-c6ccc(OCC(CC)CCCC)cc6)c5s4)s3)s2)s1. The minimum Gasteiger partial charge on any atom is -0.493 e. The molecule has 0 saturated carbocycles. The van der Waals surface area contributed by atoms with Crippen molar-refractivity contribution in [2.45, 2.75) is 377 Å². The third-order valence-electron chi connectivity index (χ3n) is 26.6. The molecule has 8 nitrogen and oxygen atoms in total. The van der Waals surface area contributed by atoms with Crippen LogP contribution in [0.3, 0.4) is 0 Å². The van der Waals surface area contributed by atoms with Gasteiger partial charge in [-0.1, -0.05) is 325 Å². The highest BCUT2D eigenvalue weighted by Gasteiger charge is 2.29. The summed E-state index contributed by atoms with van der Waals surface area (Å²) in [6.45, 7) is 25.0. The first-order chi connectivity index (χ1) is 65.8. The number of thiophene rings is 8. The molecular formula is C118H156N2O6S8. The van der Waals surface area contributed by atoms with Crippen LogP contribution in [0.2, 0.25) is 0 Å².